The second-order valence-corrected chi connectivity index (χ2v) is 4.11. The van der Waals surface area contributed by atoms with Crippen molar-refractivity contribution < 1.29 is 9.90 Å². The first-order valence-corrected chi connectivity index (χ1v) is 5.29. The van der Waals surface area contributed by atoms with Gasteiger partial charge in [-0.15, -0.1) is 0 Å². The van der Waals surface area contributed by atoms with Gasteiger partial charge >= 0.3 is 0 Å². The van der Waals surface area contributed by atoms with E-state index < -0.39 is 6.10 Å². The highest BCUT2D eigenvalue weighted by Gasteiger charge is 2.22. The van der Waals surface area contributed by atoms with Gasteiger partial charge in [-0.05, 0) is 32.2 Å². The lowest BCUT2D eigenvalue weighted by molar-refractivity contribution is -0.134. The summed E-state index contributed by atoms with van der Waals surface area (Å²) in [5, 5.41) is 9.08. The quantitative estimate of drug-likeness (QED) is 0.671. The van der Waals surface area contributed by atoms with Crippen molar-refractivity contribution in [3.05, 3.63) is 0 Å². The van der Waals surface area contributed by atoms with Crippen LogP contribution >= 0.6 is 0 Å². The summed E-state index contributed by atoms with van der Waals surface area (Å²) in [5.74, 6) is 0.640. The van der Waals surface area contributed by atoms with Gasteiger partial charge in [0.2, 0.25) is 5.91 Å². The van der Waals surface area contributed by atoms with Crippen LogP contribution in [-0.2, 0) is 4.79 Å². The molecule has 1 aliphatic rings. The molecule has 4 nitrogen and oxygen atoms in total. The van der Waals surface area contributed by atoms with Gasteiger partial charge in [0.15, 0.2) is 0 Å². The summed E-state index contributed by atoms with van der Waals surface area (Å²) >= 11 is 0. The molecule has 1 fully saturated rings. The molecular formula is C10H20N2O2. The molecular weight excluding hydrogens is 180 g/mol. The van der Waals surface area contributed by atoms with Crippen molar-refractivity contribution in [2.45, 2.75) is 32.3 Å². The molecule has 1 rings (SSSR count). The lowest BCUT2D eigenvalue weighted by Gasteiger charge is -2.31. The van der Waals surface area contributed by atoms with E-state index in [1.807, 2.05) is 4.90 Å². The number of hydrogen-bond acceptors (Lipinski definition) is 3. The Labute approximate surface area is 85.1 Å². The van der Waals surface area contributed by atoms with Crippen molar-refractivity contribution in [1.29, 1.82) is 0 Å². The molecule has 4 heteroatoms. The fraction of sp³-hybridized carbons (Fsp3) is 0.900. The van der Waals surface area contributed by atoms with E-state index in [2.05, 4.69) is 0 Å². The first kappa shape index (κ1) is 11.5. The van der Waals surface area contributed by atoms with Crippen molar-refractivity contribution >= 4 is 5.91 Å². The Bertz CT molecular complexity index is 187. The highest BCUT2D eigenvalue weighted by Crippen LogP contribution is 2.16. The third-order valence-corrected chi connectivity index (χ3v) is 2.77. The lowest BCUT2D eigenvalue weighted by atomic mass is 9.97. The molecule has 1 amide bonds. The summed E-state index contributed by atoms with van der Waals surface area (Å²) in [6.45, 7) is 3.96. The van der Waals surface area contributed by atoms with E-state index in [0.717, 1.165) is 32.5 Å². The van der Waals surface area contributed by atoms with Crippen molar-refractivity contribution in [3.63, 3.8) is 0 Å². The Morgan fingerprint density at radius 3 is 2.57 bits per heavy atom. The fourth-order valence-electron chi connectivity index (χ4n) is 1.80. The third kappa shape index (κ3) is 3.27. The normalized spacial score (nSPS) is 20.9. The largest absolute Gasteiger partial charge is 0.393 e. The number of hydrogen-bond donors (Lipinski definition) is 2. The number of nitrogens with two attached hydrogens (primary N) is 1. The number of carbonyl (C=O) groups excluding carboxylic acids is 1. The summed E-state index contributed by atoms with van der Waals surface area (Å²) < 4.78 is 0. The maximum absolute atomic E-state index is 11.5. The number of carbonyl (C=O) groups is 1. The molecule has 0 spiro atoms. The highest BCUT2D eigenvalue weighted by atomic mass is 16.3. The monoisotopic (exact) mass is 200 g/mol. The Balaban J connectivity index is 2.30. The molecule has 1 aliphatic heterocycles. The van der Waals surface area contributed by atoms with Crippen LogP contribution in [0.1, 0.15) is 26.2 Å². The molecule has 1 atom stereocenters. The molecule has 1 heterocycles. The molecule has 0 unspecified atom stereocenters. The Kier molecular flexibility index (Phi) is 4.35. The van der Waals surface area contributed by atoms with Gasteiger partial charge in [0, 0.05) is 13.1 Å². The zero-order valence-electron chi connectivity index (χ0n) is 8.78. The zero-order chi connectivity index (χ0) is 10.6. The summed E-state index contributed by atoms with van der Waals surface area (Å²) in [5.41, 5.74) is 5.56. The topological polar surface area (TPSA) is 66.6 Å². The number of amides is 1. The van der Waals surface area contributed by atoms with E-state index in [1.165, 1.54) is 0 Å². The molecule has 3 N–H and O–H groups in total. The summed E-state index contributed by atoms with van der Waals surface area (Å²) in [4.78, 5) is 13.4. The number of nitrogens with zero attached hydrogens (tertiary/aromatic N) is 1. The van der Waals surface area contributed by atoms with Crippen LogP contribution in [0.2, 0.25) is 0 Å². The van der Waals surface area contributed by atoms with Crippen LogP contribution in [0.15, 0.2) is 0 Å². The van der Waals surface area contributed by atoms with Gasteiger partial charge < -0.3 is 15.7 Å². The maximum Gasteiger partial charge on any atom is 0.225 e. The van der Waals surface area contributed by atoms with Crippen LogP contribution < -0.4 is 5.73 Å². The van der Waals surface area contributed by atoms with E-state index >= 15 is 0 Å². The van der Waals surface area contributed by atoms with Crippen LogP contribution in [0.3, 0.4) is 0 Å². The van der Waals surface area contributed by atoms with Crippen LogP contribution in [0.4, 0.5) is 0 Å². The first-order valence-electron chi connectivity index (χ1n) is 5.29. The molecule has 1 saturated heterocycles. The minimum absolute atomic E-state index is 0.0653. The average Bonchev–Trinajstić information content (AvgIpc) is 2.17. The Morgan fingerprint density at radius 2 is 2.14 bits per heavy atom. The Morgan fingerprint density at radius 1 is 1.57 bits per heavy atom. The maximum atomic E-state index is 11.5. The second-order valence-electron chi connectivity index (χ2n) is 4.11. The van der Waals surface area contributed by atoms with Crippen molar-refractivity contribution in [2.75, 3.05) is 19.6 Å². The van der Waals surface area contributed by atoms with E-state index in [1.54, 1.807) is 6.92 Å². The highest BCUT2D eigenvalue weighted by molar-refractivity contribution is 5.76. The molecule has 82 valence electrons. The SMILES string of the molecule is C[C@@H](O)CC(=O)N1CCC(CN)CC1. The molecule has 0 aliphatic carbocycles. The van der Waals surface area contributed by atoms with Crippen molar-refractivity contribution in [1.82, 2.24) is 4.90 Å². The van der Waals surface area contributed by atoms with Gasteiger partial charge in [-0.2, -0.15) is 0 Å². The standard InChI is InChI=1S/C10H20N2O2/c1-8(13)6-10(14)12-4-2-9(7-11)3-5-12/h8-9,13H,2-7,11H2,1H3/t8-/m1/s1. The van der Waals surface area contributed by atoms with Crippen molar-refractivity contribution in [3.8, 4) is 0 Å². The molecule has 0 radical (unpaired) electrons. The predicted octanol–water partition coefficient (Wildman–Crippen LogP) is -0.0454. The third-order valence-electron chi connectivity index (χ3n) is 2.77. The van der Waals surface area contributed by atoms with E-state index in [4.69, 9.17) is 10.8 Å². The van der Waals surface area contributed by atoms with Gasteiger partial charge in [-0.25, -0.2) is 0 Å². The molecule has 0 bridgehead atoms. The first-order chi connectivity index (χ1) is 6.63. The zero-order valence-corrected chi connectivity index (χ0v) is 8.78. The molecule has 0 aromatic rings. The Hall–Kier alpha value is -0.610. The number of likely N-dealkylation sites (tertiary alicyclic amines) is 1. The number of aliphatic hydroxyl groups excluding tert-OH is 1. The fourth-order valence-corrected chi connectivity index (χ4v) is 1.80. The molecule has 0 aromatic carbocycles. The van der Waals surface area contributed by atoms with Crippen LogP contribution in [0.5, 0.6) is 0 Å². The van der Waals surface area contributed by atoms with E-state index in [0.29, 0.717) is 5.92 Å². The van der Waals surface area contributed by atoms with Gasteiger partial charge in [0.05, 0.1) is 12.5 Å². The van der Waals surface area contributed by atoms with Crippen LogP contribution in [0, 0.1) is 5.92 Å². The van der Waals surface area contributed by atoms with E-state index in [9.17, 15) is 4.79 Å². The average molecular weight is 200 g/mol. The van der Waals surface area contributed by atoms with Crippen LogP contribution in [0.25, 0.3) is 0 Å². The second kappa shape index (κ2) is 5.32. The minimum Gasteiger partial charge on any atom is -0.393 e. The number of rotatable bonds is 3. The molecule has 14 heavy (non-hydrogen) atoms. The van der Waals surface area contributed by atoms with Crippen LogP contribution in [-0.4, -0.2) is 41.7 Å². The predicted molar refractivity (Wildman–Crippen MR) is 54.7 cm³/mol. The number of aliphatic hydroxyl groups is 1. The van der Waals surface area contributed by atoms with E-state index in [-0.39, 0.29) is 12.3 Å². The van der Waals surface area contributed by atoms with Gasteiger partial charge in [-0.1, -0.05) is 0 Å². The lowest BCUT2D eigenvalue weighted by Crippen LogP contribution is -2.40. The van der Waals surface area contributed by atoms with Gasteiger partial charge in [0.25, 0.3) is 0 Å². The summed E-state index contributed by atoms with van der Waals surface area (Å²) in [7, 11) is 0. The molecule has 0 aromatic heterocycles. The smallest absolute Gasteiger partial charge is 0.225 e. The number of piperidine rings is 1. The molecule has 0 saturated carbocycles. The summed E-state index contributed by atoms with van der Waals surface area (Å²) in [6.07, 6.45) is 1.71. The van der Waals surface area contributed by atoms with Gasteiger partial charge in [-0.3, -0.25) is 4.79 Å². The minimum atomic E-state index is -0.533. The summed E-state index contributed by atoms with van der Waals surface area (Å²) in [6, 6.07) is 0. The van der Waals surface area contributed by atoms with Gasteiger partial charge in [0.1, 0.15) is 0 Å². The van der Waals surface area contributed by atoms with Crippen molar-refractivity contribution in [2.24, 2.45) is 11.7 Å².